The maximum absolute atomic E-state index is 8.94. The van der Waals surface area contributed by atoms with E-state index in [1.165, 1.54) is 7.11 Å². The summed E-state index contributed by atoms with van der Waals surface area (Å²) in [7, 11) is 1.34. The van der Waals surface area contributed by atoms with Gasteiger partial charge in [0, 0.05) is 6.20 Å². The Morgan fingerprint density at radius 3 is 2.30 bits per heavy atom. The summed E-state index contributed by atoms with van der Waals surface area (Å²) in [5.41, 5.74) is 10.0. The summed E-state index contributed by atoms with van der Waals surface area (Å²) in [6, 6.07) is 0. The quantitative estimate of drug-likeness (QED) is 0.313. The second kappa shape index (κ2) is 3.90. The van der Waals surface area contributed by atoms with Crippen molar-refractivity contribution in [2.45, 2.75) is 0 Å². The van der Waals surface area contributed by atoms with Gasteiger partial charge in [0.15, 0.2) is 11.5 Å². The molecule has 0 unspecified atom stereocenters. The summed E-state index contributed by atoms with van der Waals surface area (Å²) >= 11 is 5.21. The molecular weight excluding hydrogens is 156 g/mol. The van der Waals surface area contributed by atoms with E-state index in [4.69, 9.17) is 28.2 Å². The minimum Gasteiger partial charge on any atom is -0.502 e. The third-order valence-corrected chi connectivity index (χ3v) is 1.01. The van der Waals surface area contributed by atoms with Crippen molar-refractivity contribution in [2.24, 2.45) is 11.5 Å². The fourth-order valence-electron chi connectivity index (χ4n) is 0.361. The van der Waals surface area contributed by atoms with E-state index in [-0.39, 0.29) is 16.7 Å². The van der Waals surface area contributed by atoms with Crippen LogP contribution in [0, 0.1) is 0 Å². The lowest BCUT2D eigenvalue weighted by atomic mass is 10.4. The highest BCUT2D eigenvalue weighted by Crippen LogP contribution is 2.09. The SMILES string of the molecule is COC(=C/N)/C(O)=C(\N)Cl. The van der Waals surface area contributed by atoms with Crippen LogP contribution in [-0.4, -0.2) is 12.2 Å². The number of aliphatic hydroxyl groups excluding tert-OH is 1. The number of aliphatic hydroxyl groups is 1. The van der Waals surface area contributed by atoms with E-state index >= 15 is 0 Å². The lowest BCUT2D eigenvalue weighted by molar-refractivity contribution is 0.254. The molecule has 4 nitrogen and oxygen atoms in total. The molecule has 5 N–H and O–H groups in total. The Bertz CT molecular complexity index is 172. The van der Waals surface area contributed by atoms with Crippen LogP contribution in [0.1, 0.15) is 0 Å². The minimum atomic E-state index is -0.355. The molecule has 0 saturated heterocycles. The zero-order valence-corrected chi connectivity index (χ0v) is 6.22. The van der Waals surface area contributed by atoms with Crippen LogP contribution in [0.25, 0.3) is 0 Å². The standard InChI is InChI=1S/C5H9ClN2O2/c1-10-3(2-7)4(9)5(6)8/h2,9H,7-8H2,1H3/b3-2+,5-4+. The van der Waals surface area contributed by atoms with Crippen LogP contribution in [0.15, 0.2) is 22.9 Å². The molecule has 0 heterocycles. The molecule has 5 heteroatoms. The Morgan fingerprint density at radius 1 is 1.70 bits per heavy atom. The first-order valence-electron chi connectivity index (χ1n) is 2.44. The molecule has 0 radical (unpaired) electrons. The van der Waals surface area contributed by atoms with E-state index in [0.29, 0.717) is 0 Å². The first-order chi connectivity index (χ1) is 4.63. The Balaban J connectivity index is 4.48. The third kappa shape index (κ3) is 2.06. The van der Waals surface area contributed by atoms with E-state index in [9.17, 15) is 0 Å². The Labute approximate surface area is 63.7 Å². The van der Waals surface area contributed by atoms with Crippen molar-refractivity contribution in [3.8, 4) is 0 Å². The molecule has 0 saturated carbocycles. The number of methoxy groups -OCH3 is 1. The number of hydrogen-bond donors (Lipinski definition) is 3. The van der Waals surface area contributed by atoms with Gasteiger partial charge >= 0.3 is 0 Å². The van der Waals surface area contributed by atoms with Crippen molar-refractivity contribution < 1.29 is 9.84 Å². The molecule has 0 aliphatic carbocycles. The van der Waals surface area contributed by atoms with Gasteiger partial charge in [-0.2, -0.15) is 0 Å². The molecule has 10 heavy (non-hydrogen) atoms. The van der Waals surface area contributed by atoms with Gasteiger partial charge in [-0.15, -0.1) is 0 Å². The monoisotopic (exact) mass is 164 g/mol. The molecule has 0 aromatic heterocycles. The third-order valence-electron chi connectivity index (χ3n) is 0.831. The smallest absolute Gasteiger partial charge is 0.194 e. The summed E-state index contributed by atoms with van der Waals surface area (Å²) < 4.78 is 4.59. The number of hydrogen-bond acceptors (Lipinski definition) is 4. The predicted molar refractivity (Wildman–Crippen MR) is 39.0 cm³/mol. The number of halogens is 1. The van der Waals surface area contributed by atoms with Crippen LogP contribution in [0.2, 0.25) is 0 Å². The summed E-state index contributed by atoms with van der Waals surface area (Å²) in [6.45, 7) is 0. The van der Waals surface area contributed by atoms with Crippen molar-refractivity contribution in [2.75, 3.05) is 7.11 Å². The highest BCUT2D eigenvalue weighted by molar-refractivity contribution is 6.29. The van der Waals surface area contributed by atoms with E-state index in [0.717, 1.165) is 6.20 Å². The second-order valence-corrected chi connectivity index (χ2v) is 1.84. The molecule has 0 aliphatic rings. The molecule has 0 aromatic rings. The molecule has 0 rings (SSSR count). The Hall–Kier alpha value is -1.03. The molecule has 58 valence electrons. The average Bonchev–Trinajstić information content (AvgIpc) is 1.90. The summed E-state index contributed by atoms with van der Waals surface area (Å²) in [6.07, 6.45) is 1.06. The topological polar surface area (TPSA) is 81.5 Å². The lowest BCUT2D eigenvalue weighted by Crippen LogP contribution is -2.02. The minimum absolute atomic E-state index is 0.0486. The van der Waals surface area contributed by atoms with Crippen LogP contribution < -0.4 is 11.5 Å². The molecule has 0 spiro atoms. The molecule has 0 bridgehead atoms. The molecule has 0 aromatic carbocycles. The average molecular weight is 165 g/mol. The highest BCUT2D eigenvalue weighted by Gasteiger charge is 2.04. The van der Waals surface area contributed by atoms with Gasteiger partial charge < -0.3 is 21.3 Å². The number of rotatable bonds is 2. The van der Waals surface area contributed by atoms with Crippen molar-refractivity contribution >= 4 is 11.6 Å². The zero-order chi connectivity index (χ0) is 8.15. The van der Waals surface area contributed by atoms with Crippen LogP contribution >= 0.6 is 11.6 Å². The number of nitrogens with two attached hydrogens (primary N) is 2. The van der Waals surface area contributed by atoms with Crippen LogP contribution in [0.5, 0.6) is 0 Å². The first-order valence-corrected chi connectivity index (χ1v) is 2.81. The van der Waals surface area contributed by atoms with Crippen molar-refractivity contribution in [3.63, 3.8) is 0 Å². The lowest BCUT2D eigenvalue weighted by Gasteiger charge is -2.03. The maximum Gasteiger partial charge on any atom is 0.194 e. The normalized spacial score (nSPS) is 14.4. The van der Waals surface area contributed by atoms with Gasteiger partial charge in [0.2, 0.25) is 0 Å². The van der Waals surface area contributed by atoms with E-state index in [1.807, 2.05) is 0 Å². The zero-order valence-electron chi connectivity index (χ0n) is 5.47. The maximum atomic E-state index is 8.94. The van der Waals surface area contributed by atoms with Crippen molar-refractivity contribution in [3.05, 3.63) is 22.9 Å². The van der Waals surface area contributed by atoms with Crippen molar-refractivity contribution in [1.29, 1.82) is 0 Å². The molecule has 0 fully saturated rings. The fraction of sp³-hybridized carbons (Fsp3) is 0.200. The van der Waals surface area contributed by atoms with Gasteiger partial charge in [-0.1, -0.05) is 11.6 Å². The van der Waals surface area contributed by atoms with E-state index in [1.54, 1.807) is 0 Å². The van der Waals surface area contributed by atoms with E-state index < -0.39 is 0 Å². The number of ether oxygens (including phenoxy) is 1. The van der Waals surface area contributed by atoms with Gasteiger partial charge in [0.25, 0.3) is 0 Å². The summed E-state index contributed by atoms with van der Waals surface area (Å²) in [5, 5.41) is 8.68. The second-order valence-electron chi connectivity index (χ2n) is 1.43. The predicted octanol–water partition coefficient (Wildman–Crippen LogP) is 0.358. The largest absolute Gasteiger partial charge is 0.502 e. The van der Waals surface area contributed by atoms with Crippen LogP contribution in [0.4, 0.5) is 0 Å². The van der Waals surface area contributed by atoms with Gasteiger partial charge in [-0.25, -0.2) is 0 Å². The van der Waals surface area contributed by atoms with E-state index in [2.05, 4.69) is 4.74 Å². The fourth-order valence-corrected chi connectivity index (χ4v) is 0.454. The Kier molecular flexibility index (Phi) is 3.49. The summed E-state index contributed by atoms with van der Waals surface area (Å²) in [4.78, 5) is 0. The summed E-state index contributed by atoms with van der Waals surface area (Å²) in [5.74, 6) is -0.306. The molecule has 0 atom stereocenters. The van der Waals surface area contributed by atoms with Gasteiger partial charge in [0.1, 0.15) is 5.16 Å². The molecule has 0 amide bonds. The van der Waals surface area contributed by atoms with Crippen molar-refractivity contribution in [1.82, 2.24) is 0 Å². The first kappa shape index (κ1) is 8.97. The molecular formula is C5H9ClN2O2. The highest BCUT2D eigenvalue weighted by atomic mass is 35.5. The van der Waals surface area contributed by atoms with Gasteiger partial charge in [-0.05, 0) is 0 Å². The molecule has 0 aliphatic heterocycles. The van der Waals surface area contributed by atoms with Gasteiger partial charge in [0.05, 0.1) is 7.11 Å². The van der Waals surface area contributed by atoms with Crippen LogP contribution in [-0.2, 0) is 4.74 Å². The Morgan fingerprint density at radius 2 is 2.20 bits per heavy atom. The van der Waals surface area contributed by atoms with Crippen LogP contribution in [0.3, 0.4) is 0 Å². The van der Waals surface area contributed by atoms with Gasteiger partial charge in [-0.3, -0.25) is 0 Å².